The van der Waals surface area contributed by atoms with Gasteiger partial charge in [-0.2, -0.15) is 5.10 Å². The van der Waals surface area contributed by atoms with E-state index in [4.69, 9.17) is 14.6 Å². The molecule has 4 rings (SSSR count). The Morgan fingerprint density at radius 1 is 1.12 bits per heavy atom. The van der Waals surface area contributed by atoms with Crippen LogP contribution in [0, 0.1) is 13.8 Å². The van der Waals surface area contributed by atoms with E-state index in [1.807, 2.05) is 31.2 Å². The van der Waals surface area contributed by atoms with Gasteiger partial charge in [-0.1, -0.05) is 25.1 Å². The van der Waals surface area contributed by atoms with Gasteiger partial charge in [0, 0.05) is 20.0 Å². The third-order valence-electron chi connectivity index (χ3n) is 6.03. The summed E-state index contributed by atoms with van der Waals surface area (Å²) in [5.74, 6) is 1.11. The molecule has 1 atom stereocenters. The number of amides is 3. The van der Waals surface area contributed by atoms with Gasteiger partial charge in [-0.25, -0.2) is 9.80 Å². The number of ether oxygens (including phenoxy) is 2. The highest BCUT2D eigenvalue weighted by molar-refractivity contribution is 6.03. The number of nitrogens with zero attached hydrogens (tertiary/aromatic N) is 3. The molecule has 2 aliphatic rings. The maximum Gasteiger partial charge on any atom is 0.317 e. The number of aryl methyl sites for hydroxylation is 2. The lowest BCUT2D eigenvalue weighted by Crippen LogP contribution is -2.43. The molecule has 8 nitrogen and oxygen atoms in total. The first kappa shape index (κ1) is 22.6. The van der Waals surface area contributed by atoms with E-state index in [0.717, 1.165) is 23.3 Å². The molecule has 0 saturated heterocycles. The molecule has 0 radical (unpaired) electrons. The van der Waals surface area contributed by atoms with Gasteiger partial charge in [0.2, 0.25) is 6.79 Å². The number of carbonyl (C=O) groups is 2. The molecule has 0 bridgehead atoms. The molecule has 0 fully saturated rings. The molecule has 2 aromatic carbocycles. The van der Waals surface area contributed by atoms with Crippen molar-refractivity contribution in [2.75, 3.05) is 26.9 Å². The molecule has 0 saturated carbocycles. The van der Waals surface area contributed by atoms with Gasteiger partial charge in [0.05, 0.1) is 11.8 Å². The normalized spacial score (nSPS) is 16.5. The Morgan fingerprint density at radius 2 is 1.91 bits per heavy atom. The Morgan fingerprint density at radius 3 is 2.67 bits per heavy atom. The SMILES string of the molecule is CCCNC(=O)N(C)CC(=O)N1N=C(c2ccc(C)c(C)c2)C[C@H]1c1ccc2c(c1)OCO2. The van der Waals surface area contributed by atoms with Crippen molar-refractivity contribution in [3.63, 3.8) is 0 Å². The zero-order chi connectivity index (χ0) is 23.5. The molecule has 2 aliphatic heterocycles. The fourth-order valence-corrected chi connectivity index (χ4v) is 3.93. The van der Waals surface area contributed by atoms with Crippen molar-refractivity contribution in [1.82, 2.24) is 15.2 Å². The van der Waals surface area contributed by atoms with Crippen LogP contribution in [0.5, 0.6) is 11.5 Å². The van der Waals surface area contributed by atoms with E-state index in [1.54, 1.807) is 7.05 Å². The van der Waals surface area contributed by atoms with Crippen LogP contribution < -0.4 is 14.8 Å². The van der Waals surface area contributed by atoms with Gasteiger partial charge in [0.25, 0.3) is 5.91 Å². The zero-order valence-electron chi connectivity index (χ0n) is 19.6. The first-order valence-electron chi connectivity index (χ1n) is 11.2. The fraction of sp³-hybridized carbons (Fsp3) is 0.400. The van der Waals surface area contributed by atoms with Gasteiger partial charge in [-0.15, -0.1) is 0 Å². The van der Waals surface area contributed by atoms with Gasteiger partial charge in [0.1, 0.15) is 6.54 Å². The van der Waals surface area contributed by atoms with Gasteiger partial charge in [0.15, 0.2) is 11.5 Å². The smallest absolute Gasteiger partial charge is 0.317 e. The zero-order valence-corrected chi connectivity index (χ0v) is 19.6. The highest BCUT2D eigenvalue weighted by Gasteiger charge is 2.34. The summed E-state index contributed by atoms with van der Waals surface area (Å²) in [5, 5.41) is 9.03. The van der Waals surface area contributed by atoms with E-state index >= 15 is 0 Å². The van der Waals surface area contributed by atoms with Crippen LogP contribution in [0.3, 0.4) is 0 Å². The Kier molecular flexibility index (Phi) is 6.53. The molecule has 0 spiro atoms. The number of urea groups is 1. The quantitative estimate of drug-likeness (QED) is 0.726. The van der Waals surface area contributed by atoms with Crippen molar-refractivity contribution in [3.05, 3.63) is 58.7 Å². The first-order chi connectivity index (χ1) is 15.9. The number of hydrogen-bond donors (Lipinski definition) is 1. The second-order valence-corrected chi connectivity index (χ2v) is 8.50. The Balaban J connectivity index is 1.61. The highest BCUT2D eigenvalue weighted by Crippen LogP contribution is 2.39. The number of nitrogens with one attached hydrogen (secondary N) is 1. The van der Waals surface area contributed by atoms with Crippen molar-refractivity contribution in [2.45, 2.75) is 39.7 Å². The third-order valence-corrected chi connectivity index (χ3v) is 6.03. The maximum atomic E-state index is 13.3. The summed E-state index contributed by atoms with van der Waals surface area (Å²) < 4.78 is 11.0. The lowest BCUT2D eigenvalue weighted by molar-refractivity contribution is -0.133. The van der Waals surface area contributed by atoms with Gasteiger partial charge < -0.3 is 19.7 Å². The maximum absolute atomic E-state index is 13.3. The lowest BCUT2D eigenvalue weighted by Gasteiger charge is -2.25. The van der Waals surface area contributed by atoms with Crippen molar-refractivity contribution < 1.29 is 19.1 Å². The van der Waals surface area contributed by atoms with E-state index in [1.165, 1.54) is 21.0 Å². The molecule has 174 valence electrons. The van der Waals surface area contributed by atoms with Crippen LogP contribution in [0.4, 0.5) is 4.79 Å². The third kappa shape index (κ3) is 4.79. The molecular weight excluding hydrogens is 420 g/mol. The van der Waals surface area contributed by atoms with Crippen molar-refractivity contribution in [2.24, 2.45) is 5.10 Å². The van der Waals surface area contributed by atoms with E-state index in [0.29, 0.717) is 24.5 Å². The minimum absolute atomic E-state index is 0.0691. The van der Waals surface area contributed by atoms with Crippen LogP contribution in [0.25, 0.3) is 0 Å². The lowest BCUT2D eigenvalue weighted by atomic mass is 9.96. The molecule has 2 heterocycles. The van der Waals surface area contributed by atoms with Crippen LogP contribution in [0.1, 0.15) is 48.1 Å². The molecule has 1 N–H and O–H groups in total. The van der Waals surface area contributed by atoms with Gasteiger partial charge >= 0.3 is 6.03 Å². The summed E-state index contributed by atoms with van der Waals surface area (Å²) in [6.45, 7) is 6.80. The van der Waals surface area contributed by atoms with Crippen molar-refractivity contribution in [1.29, 1.82) is 0 Å². The summed E-state index contributed by atoms with van der Waals surface area (Å²) in [5.41, 5.74) is 5.12. The van der Waals surface area contributed by atoms with Crippen molar-refractivity contribution in [3.8, 4) is 11.5 Å². The number of benzene rings is 2. The number of carbonyl (C=O) groups excluding carboxylic acids is 2. The summed E-state index contributed by atoms with van der Waals surface area (Å²) in [6.07, 6.45) is 1.40. The Labute approximate surface area is 194 Å². The summed E-state index contributed by atoms with van der Waals surface area (Å²) >= 11 is 0. The van der Waals surface area contributed by atoms with E-state index < -0.39 is 0 Å². The predicted molar refractivity (Wildman–Crippen MR) is 126 cm³/mol. The van der Waals surface area contributed by atoms with E-state index in [-0.39, 0.29) is 31.3 Å². The molecule has 3 amide bonds. The first-order valence-corrected chi connectivity index (χ1v) is 11.2. The van der Waals surface area contributed by atoms with E-state index in [9.17, 15) is 9.59 Å². The minimum atomic E-state index is -0.296. The van der Waals surface area contributed by atoms with Gasteiger partial charge in [-0.05, 0) is 60.7 Å². The van der Waals surface area contributed by atoms with E-state index in [2.05, 4.69) is 31.3 Å². The summed E-state index contributed by atoms with van der Waals surface area (Å²) in [7, 11) is 1.61. The standard InChI is InChI=1S/C25H30N4O4/c1-5-10-26-25(31)28(4)14-24(30)29-21(19-8-9-22-23(12-19)33-15-32-22)13-20(27-29)18-7-6-16(2)17(3)11-18/h6-9,11-12,21H,5,10,13-15H2,1-4H3,(H,26,31)/t21-/m0/s1. The average molecular weight is 451 g/mol. The molecule has 8 heteroatoms. The monoisotopic (exact) mass is 450 g/mol. The van der Waals surface area contributed by atoms with Crippen LogP contribution in [-0.2, 0) is 4.79 Å². The number of rotatable bonds is 6. The average Bonchev–Trinajstić information content (AvgIpc) is 3.46. The van der Waals surface area contributed by atoms with Crippen LogP contribution >= 0.6 is 0 Å². The molecule has 2 aromatic rings. The summed E-state index contributed by atoms with van der Waals surface area (Å²) in [4.78, 5) is 26.9. The molecule has 0 unspecified atom stereocenters. The second-order valence-electron chi connectivity index (χ2n) is 8.50. The second kappa shape index (κ2) is 9.52. The number of hydrazone groups is 1. The molecule has 0 aromatic heterocycles. The van der Waals surface area contributed by atoms with Crippen LogP contribution in [0.15, 0.2) is 41.5 Å². The largest absolute Gasteiger partial charge is 0.454 e. The molecule has 33 heavy (non-hydrogen) atoms. The fourth-order valence-electron chi connectivity index (χ4n) is 3.93. The van der Waals surface area contributed by atoms with Crippen LogP contribution in [0.2, 0.25) is 0 Å². The Hall–Kier alpha value is -3.55. The van der Waals surface area contributed by atoms with Gasteiger partial charge in [-0.3, -0.25) is 4.79 Å². The van der Waals surface area contributed by atoms with Crippen LogP contribution in [-0.4, -0.2) is 54.5 Å². The topological polar surface area (TPSA) is 83.5 Å². The molecular formula is C25H30N4O4. The minimum Gasteiger partial charge on any atom is -0.454 e. The molecule has 0 aliphatic carbocycles. The Bertz CT molecular complexity index is 1100. The van der Waals surface area contributed by atoms with Crippen molar-refractivity contribution >= 4 is 17.6 Å². The number of likely N-dealkylation sites (N-methyl/N-ethyl adjacent to an activating group) is 1. The number of fused-ring (bicyclic) bond motifs is 1. The predicted octanol–water partition coefficient (Wildman–Crippen LogP) is 3.76. The summed E-state index contributed by atoms with van der Waals surface area (Å²) in [6, 6.07) is 11.3. The highest BCUT2D eigenvalue weighted by atomic mass is 16.7. The number of hydrogen-bond acceptors (Lipinski definition) is 5.